The molecule has 2 aliphatic rings. The summed E-state index contributed by atoms with van der Waals surface area (Å²) in [5, 5.41) is 3.82. The predicted octanol–water partition coefficient (Wildman–Crippen LogP) is 5.12. The Morgan fingerprint density at radius 1 is 1.18 bits per heavy atom. The van der Waals surface area contributed by atoms with Gasteiger partial charge >= 0.3 is 6.18 Å². The lowest BCUT2D eigenvalue weighted by Crippen LogP contribution is -2.41. The van der Waals surface area contributed by atoms with Gasteiger partial charge in [0.05, 0.1) is 29.9 Å². The van der Waals surface area contributed by atoms with Gasteiger partial charge in [0.25, 0.3) is 0 Å². The number of ether oxygens (including phenoxy) is 2. The highest BCUT2D eigenvalue weighted by Gasteiger charge is 2.38. The van der Waals surface area contributed by atoms with Crippen LogP contribution in [0, 0.1) is 0 Å². The number of hydrogen-bond acceptors (Lipinski definition) is 7. The van der Waals surface area contributed by atoms with Crippen LogP contribution in [-0.2, 0) is 15.1 Å². The van der Waals surface area contributed by atoms with E-state index in [0.717, 1.165) is 30.9 Å². The number of H-pyrrole nitrogens is 1. The first-order valence-electron chi connectivity index (χ1n) is 10.7. The second-order valence-electron chi connectivity index (χ2n) is 8.08. The number of aromatic amines is 1. The minimum absolute atomic E-state index is 0.00683. The summed E-state index contributed by atoms with van der Waals surface area (Å²) < 4.78 is 57.5. The molecular formula is C22H23F3N4O3S. The first-order valence-corrected chi connectivity index (χ1v) is 11.5. The second-order valence-corrected chi connectivity index (χ2v) is 9.21. The molecule has 0 amide bonds. The third-order valence-corrected chi connectivity index (χ3v) is 6.99. The van der Waals surface area contributed by atoms with Crippen molar-refractivity contribution in [2.75, 3.05) is 19.0 Å². The molecular weight excluding hydrogens is 457 g/mol. The summed E-state index contributed by atoms with van der Waals surface area (Å²) in [5.74, 6) is 1.01. The van der Waals surface area contributed by atoms with Gasteiger partial charge in [0, 0.05) is 5.56 Å². The molecule has 1 saturated carbocycles. The molecule has 3 heterocycles. The fourth-order valence-corrected chi connectivity index (χ4v) is 5.32. The van der Waals surface area contributed by atoms with Crippen molar-refractivity contribution < 1.29 is 26.8 Å². The molecule has 5 rings (SSSR count). The minimum atomic E-state index is -4.51. The van der Waals surface area contributed by atoms with E-state index in [1.807, 2.05) is 24.3 Å². The van der Waals surface area contributed by atoms with E-state index in [4.69, 9.17) is 13.7 Å². The summed E-state index contributed by atoms with van der Waals surface area (Å²) in [4.78, 5) is 10.6. The average Bonchev–Trinajstić information content (AvgIpc) is 3.43. The van der Waals surface area contributed by atoms with Crippen LogP contribution in [0.4, 0.5) is 19.0 Å². The third-order valence-electron chi connectivity index (χ3n) is 6.01. The Labute approximate surface area is 192 Å². The van der Waals surface area contributed by atoms with Crippen molar-refractivity contribution in [2.45, 2.75) is 48.9 Å². The Kier molecular flexibility index (Phi) is 6.11. The van der Waals surface area contributed by atoms with Crippen LogP contribution in [0.2, 0.25) is 0 Å². The molecule has 2 N–H and O–H groups in total. The number of nitrogens with one attached hydrogen (secondary N) is 2. The van der Waals surface area contributed by atoms with Crippen molar-refractivity contribution in [2.24, 2.45) is 0 Å². The Balaban J connectivity index is 1.47. The quantitative estimate of drug-likeness (QED) is 0.474. The van der Waals surface area contributed by atoms with Gasteiger partial charge < -0.3 is 24.0 Å². The van der Waals surface area contributed by atoms with Crippen molar-refractivity contribution >= 4 is 28.9 Å². The Morgan fingerprint density at radius 3 is 2.85 bits per heavy atom. The number of alkyl halides is 3. The molecule has 0 saturated heterocycles. The summed E-state index contributed by atoms with van der Waals surface area (Å²) in [6, 6.07) is 8.23. The first kappa shape index (κ1) is 22.3. The van der Waals surface area contributed by atoms with E-state index in [2.05, 4.69) is 20.3 Å². The number of benzene rings is 1. The summed E-state index contributed by atoms with van der Waals surface area (Å²) in [5.41, 5.74) is 0.109. The van der Waals surface area contributed by atoms with Gasteiger partial charge in [0.15, 0.2) is 0 Å². The SMILES string of the molecule is COSC1CCCC1O[C@H]1COc2ccccc2[C@@H]1Nc1ncnc2[nH]c(C(F)(F)F)cc12. The first-order chi connectivity index (χ1) is 15.9. The molecule has 1 aliphatic carbocycles. The maximum Gasteiger partial charge on any atom is 0.431 e. The van der Waals surface area contributed by atoms with E-state index in [0.29, 0.717) is 18.2 Å². The van der Waals surface area contributed by atoms with Crippen LogP contribution in [0.3, 0.4) is 0 Å². The zero-order valence-electron chi connectivity index (χ0n) is 17.8. The zero-order chi connectivity index (χ0) is 23.0. The lowest BCUT2D eigenvalue weighted by molar-refractivity contribution is -0.140. The average molecular weight is 481 g/mol. The summed E-state index contributed by atoms with van der Waals surface area (Å²) >= 11 is 1.42. The summed E-state index contributed by atoms with van der Waals surface area (Å²) in [7, 11) is 1.65. The van der Waals surface area contributed by atoms with Crippen LogP contribution in [-0.4, -0.2) is 46.1 Å². The Hall–Kier alpha value is -2.50. The number of fused-ring (bicyclic) bond motifs is 2. The predicted molar refractivity (Wildman–Crippen MR) is 118 cm³/mol. The molecule has 1 fully saturated rings. The van der Waals surface area contributed by atoms with Gasteiger partial charge in [-0.15, -0.1) is 0 Å². The van der Waals surface area contributed by atoms with E-state index in [1.165, 1.54) is 18.4 Å². The normalized spacial score (nSPS) is 25.1. The number of halogens is 3. The van der Waals surface area contributed by atoms with E-state index in [-0.39, 0.29) is 34.5 Å². The van der Waals surface area contributed by atoms with Gasteiger partial charge in [-0.25, -0.2) is 9.97 Å². The fourth-order valence-electron chi connectivity index (χ4n) is 4.49. The number of para-hydroxylation sites is 1. The van der Waals surface area contributed by atoms with E-state index in [1.54, 1.807) is 7.11 Å². The molecule has 1 aromatic carbocycles. The molecule has 4 atom stereocenters. The molecule has 1 aliphatic heterocycles. The second kappa shape index (κ2) is 9.03. The van der Waals surface area contributed by atoms with Gasteiger partial charge in [-0.2, -0.15) is 13.2 Å². The van der Waals surface area contributed by atoms with Crippen LogP contribution in [0.25, 0.3) is 11.0 Å². The van der Waals surface area contributed by atoms with Gasteiger partial charge in [-0.3, -0.25) is 0 Å². The van der Waals surface area contributed by atoms with Crippen molar-refractivity contribution in [3.63, 3.8) is 0 Å². The molecule has 0 radical (unpaired) electrons. The molecule has 0 bridgehead atoms. The van der Waals surface area contributed by atoms with Crippen molar-refractivity contribution in [1.82, 2.24) is 15.0 Å². The lowest BCUT2D eigenvalue weighted by Gasteiger charge is -2.36. The van der Waals surface area contributed by atoms with Gasteiger partial charge in [0.1, 0.15) is 41.9 Å². The highest BCUT2D eigenvalue weighted by Crippen LogP contribution is 2.40. The van der Waals surface area contributed by atoms with Gasteiger partial charge in [-0.1, -0.05) is 18.2 Å². The van der Waals surface area contributed by atoms with Gasteiger partial charge in [-0.05, 0) is 43.4 Å². The monoisotopic (exact) mass is 480 g/mol. The molecule has 33 heavy (non-hydrogen) atoms. The molecule has 0 spiro atoms. The number of hydrogen-bond donors (Lipinski definition) is 2. The van der Waals surface area contributed by atoms with Crippen LogP contribution in [0.15, 0.2) is 36.7 Å². The lowest BCUT2D eigenvalue weighted by atomic mass is 9.97. The van der Waals surface area contributed by atoms with Gasteiger partial charge in [0.2, 0.25) is 0 Å². The molecule has 11 heteroatoms. The maximum absolute atomic E-state index is 13.3. The number of aromatic nitrogens is 3. The number of rotatable bonds is 6. The Morgan fingerprint density at radius 2 is 2.03 bits per heavy atom. The highest BCUT2D eigenvalue weighted by atomic mass is 32.2. The van der Waals surface area contributed by atoms with E-state index >= 15 is 0 Å². The van der Waals surface area contributed by atoms with E-state index in [9.17, 15) is 13.2 Å². The number of nitrogens with zero attached hydrogens (tertiary/aromatic N) is 2. The molecule has 2 aromatic heterocycles. The van der Waals surface area contributed by atoms with Crippen LogP contribution >= 0.6 is 12.0 Å². The molecule has 7 nitrogen and oxygen atoms in total. The Bertz CT molecular complexity index is 1130. The zero-order valence-corrected chi connectivity index (χ0v) is 18.6. The van der Waals surface area contributed by atoms with Crippen molar-refractivity contribution in [1.29, 1.82) is 0 Å². The largest absolute Gasteiger partial charge is 0.490 e. The third kappa shape index (κ3) is 4.49. The summed E-state index contributed by atoms with van der Waals surface area (Å²) in [6.07, 6.45) is -0.681. The van der Waals surface area contributed by atoms with Crippen LogP contribution in [0.1, 0.15) is 36.6 Å². The standard InChI is InChI=1S/C22H23F3N4O3S/c1-30-33-17-8-4-7-15(17)32-16-10-31-14-6-3-2-5-12(14)19(16)29-21-13-9-18(22(23,24)25)28-20(13)26-11-27-21/h2-3,5-6,9,11,15-17,19H,4,7-8,10H2,1H3,(H2,26,27,28,29)/t15?,16-,17?,19-/m0/s1. The highest BCUT2D eigenvalue weighted by molar-refractivity contribution is 7.95. The van der Waals surface area contributed by atoms with Crippen LogP contribution in [0.5, 0.6) is 5.75 Å². The van der Waals surface area contributed by atoms with Crippen molar-refractivity contribution in [3.05, 3.63) is 47.9 Å². The fraction of sp³-hybridized carbons (Fsp3) is 0.455. The number of anilines is 1. The minimum Gasteiger partial charge on any atom is -0.490 e. The van der Waals surface area contributed by atoms with Crippen LogP contribution < -0.4 is 10.1 Å². The van der Waals surface area contributed by atoms with E-state index < -0.39 is 11.9 Å². The molecule has 176 valence electrons. The summed E-state index contributed by atoms with van der Waals surface area (Å²) in [6.45, 7) is 0.310. The molecule has 3 aromatic rings. The smallest absolute Gasteiger partial charge is 0.431 e. The molecule has 2 unspecified atom stereocenters. The maximum atomic E-state index is 13.3. The van der Waals surface area contributed by atoms with Crippen molar-refractivity contribution in [3.8, 4) is 5.75 Å². The topological polar surface area (TPSA) is 81.3 Å².